The molecule has 0 bridgehead atoms. The Morgan fingerprint density at radius 1 is 1.16 bits per heavy atom. The molecule has 0 aliphatic heterocycles. The third-order valence-electron chi connectivity index (χ3n) is 3.56. The minimum atomic E-state index is -2.68. The molecular weight excluding hydrogens is 316 g/mol. The van der Waals surface area contributed by atoms with Gasteiger partial charge in [0.1, 0.15) is 12.3 Å². The zero-order valence-electron chi connectivity index (χ0n) is 21.4. The summed E-state index contributed by atoms with van der Waals surface area (Å²) in [4.78, 5) is 0. The van der Waals surface area contributed by atoms with Crippen molar-refractivity contribution in [1.82, 2.24) is 0 Å². The molecule has 0 saturated heterocycles. The van der Waals surface area contributed by atoms with E-state index in [1.54, 1.807) is 24.3 Å². The van der Waals surface area contributed by atoms with Crippen molar-refractivity contribution in [2.24, 2.45) is 0 Å². The van der Waals surface area contributed by atoms with Gasteiger partial charge in [-0.1, -0.05) is 24.6 Å². The summed E-state index contributed by atoms with van der Waals surface area (Å²) >= 11 is 0. The topological polar surface area (TPSA) is 47.9 Å². The minimum Gasteiger partial charge on any atom is -0.493 e. The summed E-state index contributed by atoms with van der Waals surface area (Å²) in [5.41, 5.74) is 1.36. The van der Waals surface area contributed by atoms with Crippen LogP contribution in [0, 0.1) is 6.92 Å². The number of hydrogen-bond donors (Lipinski definition) is 1. The molecule has 0 fully saturated rings. The third-order valence-corrected chi connectivity index (χ3v) is 3.56. The van der Waals surface area contributed by atoms with Crippen molar-refractivity contribution in [2.75, 3.05) is 20.7 Å². The molecule has 0 amide bonds. The molecule has 0 aromatic heterocycles. The lowest BCUT2D eigenvalue weighted by molar-refractivity contribution is 0.0976. The summed E-state index contributed by atoms with van der Waals surface area (Å²) in [5.74, 6) is 0.461. The van der Waals surface area contributed by atoms with Crippen LogP contribution in [0.2, 0.25) is 0 Å². The van der Waals surface area contributed by atoms with Crippen molar-refractivity contribution in [2.45, 2.75) is 38.7 Å². The zero-order valence-corrected chi connectivity index (χ0v) is 14.4. The summed E-state index contributed by atoms with van der Waals surface area (Å²) < 4.78 is 69.7. The van der Waals surface area contributed by atoms with Gasteiger partial charge in [-0.15, -0.1) is 0 Å². The van der Waals surface area contributed by atoms with Gasteiger partial charge < -0.3 is 19.3 Å². The van der Waals surface area contributed by atoms with E-state index in [1.807, 2.05) is 13.0 Å². The Morgan fingerprint density at radius 2 is 2.04 bits per heavy atom. The Bertz CT molecular complexity index is 900. The second-order valence-corrected chi connectivity index (χ2v) is 5.60. The maximum Gasteiger partial charge on any atom is 0.160 e. The van der Waals surface area contributed by atoms with Crippen LogP contribution < -0.4 is 14.2 Å². The predicted molar refractivity (Wildman–Crippen MR) is 99.8 cm³/mol. The first kappa shape index (κ1) is 11.4. The molecule has 25 heavy (non-hydrogen) atoms. The van der Waals surface area contributed by atoms with Gasteiger partial charge in [-0.05, 0) is 61.5 Å². The van der Waals surface area contributed by atoms with Crippen LogP contribution in [0.4, 0.5) is 0 Å². The highest BCUT2D eigenvalue weighted by Crippen LogP contribution is 2.28. The molecule has 0 aliphatic rings. The maximum atomic E-state index is 10.3. The van der Waals surface area contributed by atoms with Gasteiger partial charge in [0.2, 0.25) is 0 Å². The number of hydrogen-bond acceptors (Lipinski definition) is 4. The zero-order chi connectivity index (χ0) is 24.2. The fourth-order valence-electron chi connectivity index (χ4n) is 2.26. The van der Waals surface area contributed by atoms with Gasteiger partial charge in [-0.3, -0.25) is 0 Å². The van der Waals surface area contributed by atoms with Gasteiger partial charge >= 0.3 is 0 Å². The highest BCUT2D eigenvalue weighted by molar-refractivity contribution is 5.42. The molecule has 1 atom stereocenters. The highest BCUT2D eigenvalue weighted by Gasteiger charge is 2.07. The molecule has 1 N–H and O–H groups in total. The molecule has 0 spiro atoms. The van der Waals surface area contributed by atoms with Gasteiger partial charge in [0, 0.05) is 2.74 Å². The number of benzene rings is 2. The monoisotopic (exact) mass is 351 g/mol. The highest BCUT2D eigenvalue weighted by atomic mass is 16.5. The van der Waals surface area contributed by atoms with Crippen LogP contribution in [-0.2, 0) is 6.42 Å². The van der Waals surface area contributed by atoms with E-state index in [2.05, 4.69) is 0 Å². The molecule has 2 rings (SSSR count). The molecular formula is C21H28O4. The van der Waals surface area contributed by atoms with Crippen molar-refractivity contribution in [3.63, 3.8) is 0 Å². The summed E-state index contributed by atoms with van der Waals surface area (Å²) in [5, 5.41) is 10.3. The number of rotatable bonds is 10. The molecule has 4 nitrogen and oxygen atoms in total. The Kier molecular flexibility index (Phi) is 4.54. The van der Waals surface area contributed by atoms with E-state index in [0.717, 1.165) is 5.56 Å². The molecule has 0 aliphatic carbocycles. The second kappa shape index (κ2) is 9.94. The summed E-state index contributed by atoms with van der Waals surface area (Å²) in [6.45, 7) is -0.564. The third kappa shape index (κ3) is 6.31. The Morgan fingerprint density at radius 3 is 2.80 bits per heavy atom. The summed E-state index contributed by atoms with van der Waals surface area (Å²) in [6.07, 6.45) is -3.77. The lowest BCUT2D eigenvalue weighted by Gasteiger charge is -2.13. The van der Waals surface area contributed by atoms with E-state index in [0.29, 0.717) is 5.56 Å². The smallest absolute Gasteiger partial charge is 0.160 e. The second-order valence-electron chi connectivity index (χ2n) is 5.60. The van der Waals surface area contributed by atoms with Crippen molar-refractivity contribution in [3.8, 4) is 17.2 Å². The minimum absolute atomic E-state index is 0.0243. The molecule has 2 aromatic rings. The van der Waals surface area contributed by atoms with E-state index in [1.165, 1.54) is 19.2 Å². The summed E-state index contributed by atoms with van der Waals surface area (Å²) in [6, 6.07) is 11.3. The lowest BCUT2D eigenvalue weighted by Crippen LogP contribution is -2.17. The van der Waals surface area contributed by atoms with Crippen molar-refractivity contribution in [3.05, 3.63) is 53.6 Å². The van der Waals surface area contributed by atoms with E-state index in [9.17, 15) is 5.11 Å². The Labute approximate surface area is 160 Å². The SMILES string of the molecule is [2H]C([2H])(CCC(O)C([2H])([2H])Oc1cccc(C)c1)Cc1ccc(OC)c(OC([2H])([2H])[2H])c1. The van der Waals surface area contributed by atoms with E-state index < -0.39 is 26.1 Å². The van der Waals surface area contributed by atoms with Crippen molar-refractivity contribution in [1.29, 1.82) is 0 Å². The van der Waals surface area contributed by atoms with Crippen LogP contribution in [0.1, 0.15) is 39.9 Å². The van der Waals surface area contributed by atoms with Crippen LogP contribution in [0.5, 0.6) is 17.2 Å². The van der Waals surface area contributed by atoms with Crippen LogP contribution >= 0.6 is 0 Å². The normalized spacial score (nSPS) is 17.6. The largest absolute Gasteiger partial charge is 0.493 e. The van der Waals surface area contributed by atoms with Crippen LogP contribution in [-0.4, -0.2) is 31.9 Å². The van der Waals surface area contributed by atoms with Gasteiger partial charge in [0.05, 0.1) is 27.1 Å². The first-order valence-electron chi connectivity index (χ1n) is 11.5. The molecule has 136 valence electrons. The molecule has 2 aromatic carbocycles. The average molecular weight is 351 g/mol. The quantitative estimate of drug-likeness (QED) is 0.698. The fourth-order valence-corrected chi connectivity index (χ4v) is 2.26. The fraction of sp³-hybridized carbons (Fsp3) is 0.429. The Hall–Kier alpha value is -2.20. The number of aliphatic hydroxyl groups is 1. The van der Waals surface area contributed by atoms with Crippen molar-refractivity contribution >= 4 is 0 Å². The summed E-state index contributed by atoms with van der Waals surface area (Å²) in [7, 11) is -1.31. The molecule has 4 heteroatoms. The number of aryl methyl sites for hydroxylation is 2. The van der Waals surface area contributed by atoms with E-state index in [-0.39, 0.29) is 36.5 Å². The standard InChI is InChI=1S/C21H28O4/c1-16-7-6-10-19(13-16)25-15-18(22)9-5-4-8-17-11-12-20(23-2)21(14-17)24-3/h6-7,10-14,18,22H,4-5,8-9,15H2,1-3H3/i3D3,4D2,15D2. The van der Waals surface area contributed by atoms with Crippen LogP contribution in [0.15, 0.2) is 42.5 Å². The van der Waals surface area contributed by atoms with E-state index >= 15 is 0 Å². The van der Waals surface area contributed by atoms with Crippen LogP contribution in [0.3, 0.4) is 0 Å². The molecule has 1 unspecified atom stereocenters. The molecule has 0 heterocycles. The molecule has 0 saturated carbocycles. The number of methoxy groups -OCH3 is 2. The van der Waals surface area contributed by atoms with Crippen molar-refractivity contribution < 1.29 is 28.9 Å². The number of aliphatic hydroxyl groups excluding tert-OH is 1. The van der Waals surface area contributed by atoms with Gasteiger partial charge in [-0.25, -0.2) is 0 Å². The van der Waals surface area contributed by atoms with Gasteiger partial charge in [0.25, 0.3) is 0 Å². The first-order valence-corrected chi connectivity index (χ1v) is 8.00. The lowest BCUT2D eigenvalue weighted by atomic mass is 10.0. The van der Waals surface area contributed by atoms with Crippen LogP contribution in [0.25, 0.3) is 0 Å². The van der Waals surface area contributed by atoms with Gasteiger partial charge in [0.15, 0.2) is 11.5 Å². The molecule has 0 radical (unpaired) electrons. The number of ether oxygens (including phenoxy) is 3. The van der Waals surface area contributed by atoms with Gasteiger partial charge in [-0.2, -0.15) is 0 Å². The van der Waals surface area contributed by atoms with E-state index in [4.69, 9.17) is 23.8 Å². The predicted octanol–water partition coefficient (Wildman–Crippen LogP) is 4.16. The maximum absolute atomic E-state index is 10.3. The first-order chi connectivity index (χ1) is 14.7. The Balaban J connectivity index is 2.02. The average Bonchev–Trinajstić information content (AvgIpc) is 2.64.